The van der Waals surface area contributed by atoms with Crippen LogP contribution < -0.4 is 10.9 Å². The summed E-state index contributed by atoms with van der Waals surface area (Å²) in [6.45, 7) is 2.85. The second-order valence-corrected chi connectivity index (χ2v) is 9.20. The number of hydrogen-bond acceptors (Lipinski definition) is 6. The van der Waals surface area contributed by atoms with Crippen LogP contribution >= 0.6 is 23.1 Å². The number of fused-ring (bicyclic) bond motifs is 1. The van der Waals surface area contributed by atoms with Crippen LogP contribution in [0.3, 0.4) is 0 Å². The Morgan fingerprint density at radius 2 is 2.04 bits per heavy atom. The van der Waals surface area contributed by atoms with E-state index in [4.69, 9.17) is 0 Å². The smallest absolute Gasteiger partial charge is 0.275 e. The van der Waals surface area contributed by atoms with Gasteiger partial charge in [-0.2, -0.15) is 4.52 Å². The quantitative estimate of drug-likeness (QED) is 0.687. The molecule has 5 nitrogen and oxygen atoms in total. The fourth-order valence-corrected chi connectivity index (χ4v) is 5.67. The van der Waals surface area contributed by atoms with E-state index in [1.54, 1.807) is 6.07 Å². The molecule has 3 aromatic rings. The molecule has 136 valence electrons. The van der Waals surface area contributed by atoms with E-state index in [9.17, 15) is 4.79 Å². The molecule has 1 saturated carbocycles. The lowest BCUT2D eigenvalue weighted by atomic mass is 10.1. The van der Waals surface area contributed by atoms with Crippen molar-refractivity contribution in [1.82, 2.24) is 14.6 Å². The van der Waals surface area contributed by atoms with Crippen LogP contribution in [0.5, 0.6) is 0 Å². The molecule has 2 heterocycles. The molecule has 0 atom stereocenters. The van der Waals surface area contributed by atoms with Gasteiger partial charge in [0.2, 0.25) is 10.1 Å². The number of aromatic nitrogens is 3. The molecule has 0 spiro atoms. The predicted octanol–water partition coefficient (Wildman–Crippen LogP) is 4.23. The SMILES string of the molecule is CCc1cc(=O)n2nc(NCC3(Sc4ccccc4)CCCC3)sc2n1. The second-order valence-electron chi connectivity index (χ2n) is 6.70. The zero-order chi connectivity index (χ0) is 18.0. The summed E-state index contributed by atoms with van der Waals surface area (Å²) in [4.78, 5) is 18.7. The average Bonchev–Trinajstić information content (AvgIpc) is 3.28. The number of anilines is 1. The van der Waals surface area contributed by atoms with Gasteiger partial charge in [0, 0.05) is 27.9 Å². The highest BCUT2D eigenvalue weighted by atomic mass is 32.2. The van der Waals surface area contributed by atoms with Crippen LogP contribution in [0.15, 0.2) is 46.1 Å². The summed E-state index contributed by atoms with van der Waals surface area (Å²) < 4.78 is 1.59. The highest BCUT2D eigenvalue weighted by Crippen LogP contribution is 2.45. The molecule has 1 aromatic carbocycles. The maximum Gasteiger partial charge on any atom is 0.275 e. The third kappa shape index (κ3) is 3.64. The number of benzene rings is 1. The van der Waals surface area contributed by atoms with E-state index < -0.39 is 0 Å². The van der Waals surface area contributed by atoms with Crippen molar-refractivity contribution in [2.75, 3.05) is 11.9 Å². The molecule has 0 aliphatic heterocycles. The normalized spacial score (nSPS) is 16.2. The van der Waals surface area contributed by atoms with Crippen molar-refractivity contribution in [1.29, 1.82) is 0 Å². The fraction of sp³-hybridized carbons (Fsp3) is 0.421. The maximum atomic E-state index is 12.2. The summed E-state index contributed by atoms with van der Waals surface area (Å²) in [6.07, 6.45) is 5.68. The molecular formula is C19H22N4OS2. The number of aryl methyl sites for hydroxylation is 1. The Labute approximate surface area is 160 Å². The van der Waals surface area contributed by atoms with Crippen LogP contribution in [-0.2, 0) is 6.42 Å². The number of thioether (sulfide) groups is 1. The van der Waals surface area contributed by atoms with Crippen molar-refractivity contribution < 1.29 is 0 Å². The van der Waals surface area contributed by atoms with Gasteiger partial charge in [-0.05, 0) is 31.4 Å². The molecule has 0 saturated heterocycles. The van der Waals surface area contributed by atoms with Crippen molar-refractivity contribution >= 4 is 33.2 Å². The highest BCUT2D eigenvalue weighted by molar-refractivity contribution is 8.00. The van der Waals surface area contributed by atoms with Crippen molar-refractivity contribution in [3.63, 3.8) is 0 Å². The molecule has 1 aliphatic rings. The first-order valence-electron chi connectivity index (χ1n) is 9.05. The largest absolute Gasteiger partial charge is 0.359 e. The molecular weight excluding hydrogens is 364 g/mol. The zero-order valence-corrected chi connectivity index (χ0v) is 16.4. The highest BCUT2D eigenvalue weighted by Gasteiger charge is 2.35. The summed E-state index contributed by atoms with van der Waals surface area (Å²) in [5.74, 6) is 0. The van der Waals surface area contributed by atoms with Crippen LogP contribution in [0.4, 0.5) is 5.13 Å². The van der Waals surface area contributed by atoms with Gasteiger partial charge in [0.1, 0.15) is 0 Å². The molecule has 1 N–H and O–H groups in total. The Morgan fingerprint density at radius 3 is 2.77 bits per heavy atom. The molecule has 26 heavy (non-hydrogen) atoms. The molecule has 2 aromatic heterocycles. The van der Waals surface area contributed by atoms with Gasteiger partial charge in [-0.25, -0.2) is 4.98 Å². The molecule has 4 rings (SSSR count). The molecule has 7 heteroatoms. The Balaban J connectivity index is 1.53. The third-order valence-electron chi connectivity index (χ3n) is 4.81. The monoisotopic (exact) mass is 386 g/mol. The van der Waals surface area contributed by atoms with Crippen molar-refractivity contribution in [2.45, 2.75) is 48.7 Å². The van der Waals surface area contributed by atoms with Crippen LogP contribution in [0.25, 0.3) is 4.96 Å². The molecule has 0 unspecified atom stereocenters. The van der Waals surface area contributed by atoms with E-state index >= 15 is 0 Å². The summed E-state index contributed by atoms with van der Waals surface area (Å²) in [6, 6.07) is 12.2. The topological polar surface area (TPSA) is 59.3 Å². The summed E-state index contributed by atoms with van der Waals surface area (Å²) >= 11 is 3.41. The lowest BCUT2D eigenvalue weighted by molar-refractivity contribution is 0.636. The van der Waals surface area contributed by atoms with Crippen molar-refractivity contribution in [2.24, 2.45) is 0 Å². The van der Waals surface area contributed by atoms with Gasteiger partial charge in [0.25, 0.3) is 5.56 Å². The van der Waals surface area contributed by atoms with Crippen molar-refractivity contribution in [3.05, 3.63) is 52.4 Å². The minimum atomic E-state index is -0.106. The van der Waals surface area contributed by atoms with E-state index in [1.807, 2.05) is 18.7 Å². The Bertz CT molecular complexity index is 945. The standard InChI is InChI=1S/C19H22N4OS2/c1-2-14-12-16(24)23-18(21-14)25-17(22-23)20-13-19(10-6-7-11-19)26-15-8-4-3-5-9-15/h3-5,8-9,12H,2,6-7,10-11,13H2,1H3,(H,20,22). The molecule has 0 bridgehead atoms. The number of nitrogens with zero attached hydrogens (tertiary/aromatic N) is 3. The van der Waals surface area contributed by atoms with Gasteiger partial charge >= 0.3 is 0 Å². The first kappa shape index (κ1) is 17.5. The first-order valence-corrected chi connectivity index (χ1v) is 10.7. The number of nitrogens with one attached hydrogen (secondary N) is 1. The van der Waals surface area contributed by atoms with Gasteiger partial charge in [-0.3, -0.25) is 4.79 Å². The Morgan fingerprint density at radius 1 is 1.27 bits per heavy atom. The molecule has 1 fully saturated rings. The summed E-state index contributed by atoms with van der Waals surface area (Å²) in [7, 11) is 0. The number of rotatable bonds is 6. The minimum absolute atomic E-state index is 0.106. The minimum Gasteiger partial charge on any atom is -0.359 e. The van der Waals surface area contributed by atoms with E-state index in [1.165, 1.54) is 46.4 Å². The average molecular weight is 387 g/mol. The van der Waals surface area contributed by atoms with Crippen LogP contribution in [0.1, 0.15) is 38.3 Å². The molecule has 0 amide bonds. The molecule has 0 radical (unpaired) electrons. The Hall–Kier alpha value is -1.86. The summed E-state index contributed by atoms with van der Waals surface area (Å²) in [5.41, 5.74) is 0.711. The first-order chi connectivity index (χ1) is 12.7. The number of hydrogen-bond donors (Lipinski definition) is 1. The second kappa shape index (κ2) is 7.40. The van der Waals surface area contributed by atoms with E-state index in [0.29, 0.717) is 4.96 Å². The lowest BCUT2D eigenvalue weighted by Crippen LogP contribution is -2.30. The van der Waals surface area contributed by atoms with Gasteiger partial charge in [0.05, 0.1) is 0 Å². The Kier molecular flexibility index (Phi) is 5.00. The van der Waals surface area contributed by atoms with Gasteiger partial charge in [-0.15, -0.1) is 16.9 Å². The van der Waals surface area contributed by atoms with E-state index in [2.05, 4.69) is 45.7 Å². The van der Waals surface area contributed by atoms with Crippen molar-refractivity contribution in [3.8, 4) is 0 Å². The molecule has 1 aliphatic carbocycles. The van der Waals surface area contributed by atoms with E-state index in [0.717, 1.165) is 23.8 Å². The van der Waals surface area contributed by atoms with Gasteiger partial charge in [-0.1, -0.05) is 49.3 Å². The lowest BCUT2D eigenvalue weighted by Gasteiger charge is -2.28. The summed E-state index contributed by atoms with van der Waals surface area (Å²) in [5, 5.41) is 8.68. The van der Waals surface area contributed by atoms with Crippen LogP contribution in [-0.4, -0.2) is 25.9 Å². The fourth-order valence-electron chi connectivity index (χ4n) is 3.42. The van der Waals surface area contributed by atoms with Gasteiger partial charge < -0.3 is 5.32 Å². The zero-order valence-electron chi connectivity index (χ0n) is 14.8. The predicted molar refractivity (Wildman–Crippen MR) is 108 cm³/mol. The third-order valence-corrected chi connectivity index (χ3v) is 7.17. The van der Waals surface area contributed by atoms with Crippen LogP contribution in [0, 0.1) is 0 Å². The van der Waals surface area contributed by atoms with Gasteiger partial charge in [0.15, 0.2) is 0 Å². The van der Waals surface area contributed by atoms with E-state index in [-0.39, 0.29) is 10.3 Å². The van der Waals surface area contributed by atoms with Crippen LogP contribution in [0.2, 0.25) is 0 Å². The maximum absolute atomic E-state index is 12.2.